The molecule has 0 atom stereocenters. The number of aryl methyl sites for hydroxylation is 1. The highest BCUT2D eigenvalue weighted by Crippen LogP contribution is 2.08. The van der Waals surface area contributed by atoms with Gasteiger partial charge in [0.15, 0.2) is 0 Å². The van der Waals surface area contributed by atoms with Crippen LogP contribution in [0, 0.1) is 6.92 Å². The van der Waals surface area contributed by atoms with Gasteiger partial charge in [-0.1, -0.05) is 0 Å². The molecule has 0 aliphatic heterocycles. The van der Waals surface area contributed by atoms with Crippen LogP contribution in [0.25, 0.3) is 0 Å². The van der Waals surface area contributed by atoms with Crippen LogP contribution in [0.2, 0.25) is 0 Å². The smallest absolute Gasteiger partial charge is 0.224 e. The Hall–Kier alpha value is -1.41. The monoisotopic (exact) mass is 273 g/mol. The van der Waals surface area contributed by atoms with Crippen molar-refractivity contribution in [3.05, 3.63) is 11.8 Å². The maximum absolute atomic E-state index is 10.8. The Balaban J connectivity index is 2.37. The minimum Gasteiger partial charge on any atom is -0.370 e. The van der Waals surface area contributed by atoms with Gasteiger partial charge in [-0.3, -0.25) is 0 Å². The van der Waals surface area contributed by atoms with E-state index in [1.807, 2.05) is 13.0 Å². The van der Waals surface area contributed by atoms with Gasteiger partial charge < -0.3 is 10.6 Å². The molecule has 18 heavy (non-hydrogen) atoms. The Morgan fingerprint density at radius 1 is 1.28 bits per heavy atom. The lowest BCUT2D eigenvalue weighted by Crippen LogP contribution is -2.24. The van der Waals surface area contributed by atoms with Crippen molar-refractivity contribution in [2.75, 3.05) is 37.0 Å². The van der Waals surface area contributed by atoms with Crippen LogP contribution in [0.1, 0.15) is 12.1 Å². The molecule has 3 N–H and O–H groups in total. The largest absolute Gasteiger partial charge is 0.370 e. The Morgan fingerprint density at radius 2 is 2.00 bits per heavy atom. The van der Waals surface area contributed by atoms with Crippen LogP contribution in [0.15, 0.2) is 6.07 Å². The fourth-order valence-electron chi connectivity index (χ4n) is 1.33. The highest BCUT2D eigenvalue weighted by molar-refractivity contribution is 7.88. The lowest BCUT2D eigenvalue weighted by molar-refractivity contribution is 0.586. The number of aromatic nitrogens is 2. The van der Waals surface area contributed by atoms with E-state index in [1.54, 1.807) is 7.05 Å². The molecule has 0 unspecified atom stereocenters. The zero-order valence-corrected chi connectivity index (χ0v) is 11.6. The summed E-state index contributed by atoms with van der Waals surface area (Å²) < 4.78 is 24.1. The first-order chi connectivity index (χ1) is 8.40. The first-order valence-electron chi connectivity index (χ1n) is 5.62. The van der Waals surface area contributed by atoms with Crippen molar-refractivity contribution in [2.24, 2.45) is 0 Å². The molecule has 1 heterocycles. The number of nitrogens with one attached hydrogen (secondary N) is 3. The van der Waals surface area contributed by atoms with Gasteiger partial charge in [-0.15, -0.1) is 0 Å². The molecule has 0 saturated heterocycles. The van der Waals surface area contributed by atoms with Gasteiger partial charge in [0, 0.05) is 31.9 Å². The highest BCUT2D eigenvalue weighted by Gasteiger charge is 2.01. The van der Waals surface area contributed by atoms with Crippen molar-refractivity contribution in [3.63, 3.8) is 0 Å². The van der Waals surface area contributed by atoms with Gasteiger partial charge in [0.2, 0.25) is 16.0 Å². The van der Waals surface area contributed by atoms with Gasteiger partial charge in [0.1, 0.15) is 5.82 Å². The molecule has 102 valence electrons. The van der Waals surface area contributed by atoms with Gasteiger partial charge in [-0.25, -0.2) is 18.1 Å². The van der Waals surface area contributed by atoms with Gasteiger partial charge in [-0.05, 0) is 13.3 Å². The molecule has 0 aliphatic carbocycles. The molecule has 0 saturated carbocycles. The molecule has 0 amide bonds. The molecule has 0 radical (unpaired) electrons. The quantitative estimate of drug-likeness (QED) is 0.613. The van der Waals surface area contributed by atoms with Crippen molar-refractivity contribution < 1.29 is 8.42 Å². The van der Waals surface area contributed by atoms with Crippen LogP contribution in [0.4, 0.5) is 11.8 Å². The summed E-state index contributed by atoms with van der Waals surface area (Å²) in [7, 11) is -1.34. The second-order valence-corrected chi connectivity index (χ2v) is 5.75. The number of hydrogen-bond donors (Lipinski definition) is 3. The van der Waals surface area contributed by atoms with E-state index in [0.29, 0.717) is 25.5 Å². The molecule has 0 aliphatic rings. The topological polar surface area (TPSA) is 96.0 Å². The normalized spacial score (nSPS) is 11.3. The first kappa shape index (κ1) is 14.7. The average molecular weight is 273 g/mol. The second-order valence-electron chi connectivity index (χ2n) is 3.92. The number of sulfonamides is 1. The molecule has 0 spiro atoms. The van der Waals surface area contributed by atoms with Crippen molar-refractivity contribution in [1.29, 1.82) is 0 Å². The Labute approximate surface area is 107 Å². The fourth-order valence-corrected chi connectivity index (χ4v) is 1.85. The summed E-state index contributed by atoms with van der Waals surface area (Å²) in [6.45, 7) is 2.94. The molecule has 0 aromatic carbocycles. The molecule has 0 bridgehead atoms. The summed E-state index contributed by atoms with van der Waals surface area (Å²) in [4.78, 5) is 8.40. The van der Waals surface area contributed by atoms with Gasteiger partial charge in [0.25, 0.3) is 0 Å². The van der Waals surface area contributed by atoms with Crippen molar-refractivity contribution in [2.45, 2.75) is 13.3 Å². The average Bonchev–Trinajstić information content (AvgIpc) is 2.26. The maximum Gasteiger partial charge on any atom is 0.224 e. The summed E-state index contributed by atoms with van der Waals surface area (Å²) in [6.07, 6.45) is 1.83. The second kappa shape index (κ2) is 6.50. The lowest BCUT2D eigenvalue weighted by Gasteiger charge is -2.08. The molecular weight excluding hydrogens is 254 g/mol. The molecule has 1 rings (SSSR count). The van der Waals surface area contributed by atoms with Crippen LogP contribution in [0.5, 0.6) is 0 Å². The number of anilines is 2. The van der Waals surface area contributed by atoms with Crippen LogP contribution in [-0.2, 0) is 10.0 Å². The predicted octanol–water partition coefficient (Wildman–Crippen LogP) is 0.178. The summed E-state index contributed by atoms with van der Waals surface area (Å²) in [5.41, 5.74) is 0.867. The molecule has 1 aromatic heterocycles. The van der Waals surface area contributed by atoms with E-state index in [9.17, 15) is 8.42 Å². The van der Waals surface area contributed by atoms with E-state index in [2.05, 4.69) is 25.3 Å². The molecule has 8 heteroatoms. The first-order valence-corrected chi connectivity index (χ1v) is 7.52. The SMILES string of the molecule is CNc1nc(C)cc(NCCCNS(C)(=O)=O)n1. The van der Waals surface area contributed by atoms with Gasteiger partial charge in [-0.2, -0.15) is 4.98 Å². The molecule has 7 nitrogen and oxygen atoms in total. The molecule has 0 fully saturated rings. The van der Waals surface area contributed by atoms with Crippen LogP contribution >= 0.6 is 0 Å². The van der Waals surface area contributed by atoms with Crippen LogP contribution in [-0.4, -0.2) is 44.8 Å². The number of rotatable bonds is 7. The van der Waals surface area contributed by atoms with E-state index in [4.69, 9.17) is 0 Å². The minimum atomic E-state index is -3.10. The van der Waals surface area contributed by atoms with Crippen molar-refractivity contribution in [1.82, 2.24) is 14.7 Å². The highest BCUT2D eigenvalue weighted by atomic mass is 32.2. The van der Waals surface area contributed by atoms with Crippen molar-refractivity contribution in [3.8, 4) is 0 Å². The van der Waals surface area contributed by atoms with E-state index in [0.717, 1.165) is 17.8 Å². The minimum absolute atomic E-state index is 0.411. The predicted molar refractivity (Wildman–Crippen MR) is 72.3 cm³/mol. The summed E-state index contributed by atoms with van der Waals surface area (Å²) in [5, 5.41) is 6.00. The number of nitrogens with zero attached hydrogens (tertiary/aromatic N) is 2. The maximum atomic E-state index is 10.8. The fraction of sp³-hybridized carbons (Fsp3) is 0.600. The third kappa shape index (κ3) is 5.78. The summed E-state index contributed by atoms with van der Waals surface area (Å²) in [5.74, 6) is 1.29. The Morgan fingerprint density at radius 3 is 2.61 bits per heavy atom. The van der Waals surface area contributed by atoms with Crippen molar-refractivity contribution >= 4 is 21.8 Å². The Kier molecular flexibility index (Phi) is 5.29. The molecular formula is C10H19N5O2S. The summed E-state index contributed by atoms with van der Waals surface area (Å²) in [6, 6.07) is 1.84. The zero-order chi connectivity index (χ0) is 13.6. The molecule has 1 aromatic rings. The van der Waals surface area contributed by atoms with E-state index in [-0.39, 0.29) is 0 Å². The van der Waals surface area contributed by atoms with E-state index in [1.165, 1.54) is 0 Å². The van der Waals surface area contributed by atoms with Gasteiger partial charge in [0.05, 0.1) is 6.26 Å². The Bertz CT molecular complexity index is 489. The third-order valence-corrected chi connectivity index (χ3v) is 2.83. The summed E-state index contributed by atoms with van der Waals surface area (Å²) >= 11 is 0. The van der Waals surface area contributed by atoms with Crippen LogP contribution < -0.4 is 15.4 Å². The van der Waals surface area contributed by atoms with Gasteiger partial charge >= 0.3 is 0 Å². The number of hydrogen-bond acceptors (Lipinski definition) is 6. The van der Waals surface area contributed by atoms with Crippen LogP contribution in [0.3, 0.4) is 0 Å². The standard InChI is InChI=1S/C10H19N5O2S/c1-8-7-9(15-10(11-2)14-8)12-5-4-6-13-18(3,16)17/h7,13H,4-6H2,1-3H3,(H2,11,12,14,15). The lowest BCUT2D eigenvalue weighted by atomic mass is 10.4. The zero-order valence-electron chi connectivity index (χ0n) is 10.8. The third-order valence-electron chi connectivity index (χ3n) is 2.10. The van der Waals surface area contributed by atoms with E-state index < -0.39 is 10.0 Å². The van der Waals surface area contributed by atoms with E-state index >= 15 is 0 Å².